The summed E-state index contributed by atoms with van der Waals surface area (Å²) in [4.78, 5) is 11.2. The molecule has 0 amide bonds. The molecule has 0 fully saturated rings. The number of benzene rings is 1. The Bertz CT molecular complexity index is 382. The predicted octanol–water partition coefficient (Wildman–Crippen LogP) is 2.08. The Hall–Kier alpha value is -1.53. The fourth-order valence-electron chi connectivity index (χ4n) is 1.02. The van der Waals surface area contributed by atoms with Crippen molar-refractivity contribution in [3.8, 4) is 6.07 Å². The van der Waals surface area contributed by atoms with E-state index in [1.807, 2.05) is 6.07 Å². The van der Waals surface area contributed by atoms with Crippen LogP contribution < -0.4 is 0 Å². The van der Waals surface area contributed by atoms with E-state index in [0.29, 0.717) is 11.1 Å². The minimum Gasteiger partial charge on any atom is -0.465 e. The van der Waals surface area contributed by atoms with Gasteiger partial charge in [-0.1, -0.05) is 6.07 Å². The first kappa shape index (κ1) is 12.5. The van der Waals surface area contributed by atoms with E-state index in [2.05, 4.69) is 4.74 Å². The minimum absolute atomic E-state index is 0. The van der Waals surface area contributed by atoms with Crippen molar-refractivity contribution in [1.29, 1.82) is 5.26 Å². The predicted molar refractivity (Wildman–Crippen MR) is 54.5 cm³/mol. The quantitative estimate of drug-likeness (QED) is 0.669. The maximum atomic E-state index is 11.2. The molecule has 4 heteroatoms. The number of nitrogens with zero attached hydrogens (tertiary/aromatic N) is 1. The Balaban J connectivity index is 0.00000169. The average molecular weight is 212 g/mol. The lowest BCUT2D eigenvalue weighted by Gasteiger charge is -2.02. The van der Waals surface area contributed by atoms with E-state index in [1.54, 1.807) is 19.1 Å². The van der Waals surface area contributed by atoms with Gasteiger partial charge in [-0.05, 0) is 24.6 Å². The highest BCUT2D eigenvalue weighted by Crippen LogP contribution is 2.11. The number of carbonyl (C=O) groups excluding carboxylic acids is 1. The summed E-state index contributed by atoms with van der Waals surface area (Å²) in [7, 11) is 1.32. The van der Waals surface area contributed by atoms with Crippen molar-refractivity contribution < 1.29 is 9.53 Å². The third-order valence-electron chi connectivity index (χ3n) is 1.77. The fraction of sp³-hybridized carbons (Fsp3) is 0.200. The molecule has 14 heavy (non-hydrogen) atoms. The topological polar surface area (TPSA) is 50.1 Å². The Morgan fingerprint density at radius 3 is 2.64 bits per heavy atom. The molecule has 0 aliphatic rings. The molecule has 0 unspecified atom stereocenters. The van der Waals surface area contributed by atoms with Crippen LogP contribution in [0, 0.1) is 18.3 Å². The Labute approximate surface area is 88.7 Å². The molecule has 0 radical (unpaired) electrons. The number of hydrogen-bond donors (Lipinski definition) is 0. The number of ether oxygens (including phenoxy) is 1. The molecule has 0 heterocycles. The number of halogens is 1. The summed E-state index contributed by atoms with van der Waals surface area (Å²) in [6.07, 6.45) is 0. The largest absolute Gasteiger partial charge is 0.465 e. The molecule has 0 spiro atoms. The second-order valence-electron chi connectivity index (χ2n) is 2.63. The van der Waals surface area contributed by atoms with E-state index in [9.17, 15) is 4.79 Å². The van der Waals surface area contributed by atoms with Gasteiger partial charge in [0.1, 0.15) is 0 Å². The van der Waals surface area contributed by atoms with Gasteiger partial charge < -0.3 is 4.74 Å². The van der Waals surface area contributed by atoms with Crippen LogP contribution in [0.2, 0.25) is 0 Å². The van der Waals surface area contributed by atoms with Gasteiger partial charge in [-0.15, -0.1) is 12.4 Å². The molecular formula is C10H10ClNO2. The van der Waals surface area contributed by atoms with E-state index in [4.69, 9.17) is 5.26 Å². The number of carbonyl (C=O) groups is 1. The molecule has 1 aromatic rings. The zero-order valence-electron chi connectivity index (χ0n) is 7.90. The zero-order valence-corrected chi connectivity index (χ0v) is 8.72. The first-order chi connectivity index (χ1) is 6.19. The van der Waals surface area contributed by atoms with Crippen molar-refractivity contribution in [1.82, 2.24) is 0 Å². The lowest BCUT2D eigenvalue weighted by molar-refractivity contribution is 0.0600. The lowest BCUT2D eigenvalue weighted by atomic mass is 10.1. The van der Waals surface area contributed by atoms with Gasteiger partial charge in [-0.25, -0.2) is 4.79 Å². The SMILES string of the molecule is COC(=O)c1cc(C#N)ccc1C.Cl. The molecule has 3 nitrogen and oxygen atoms in total. The first-order valence-electron chi connectivity index (χ1n) is 3.78. The van der Waals surface area contributed by atoms with Gasteiger partial charge in [0.2, 0.25) is 0 Å². The summed E-state index contributed by atoms with van der Waals surface area (Å²) >= 11 is 0. The van der Waals surface area contributed by atoms with Crippen LogP contribution in [0.1, 0.15) is 21.5 Å². The van der Waals surface area contributed by atoms with Crippen molar-refractivity contribution in [2.45, 2.75) is 6.92 Å². The van der Waals surface area contributed by atoms with Crippen molar-refractivity contribution >= 4 is 18.4 Å². The molecule has 74 valence electrons. The average Bonchev–Trinajstić information content (AvgIpc) is 2.17. The van der Waals surface area contributed by atoms with Crippen molar-refractivity contribution in [2.24, 2.45) is 0 Å². The van der Waals surface area contributed by atoms with Gasteiger partial charge in [-0.2, -0.15) is 5.26 Å². The van der Waals surface area contributed by atoms with Crippen LogP contribution in [0.4, 0.5) is 0 Å². The molecule has 0 saturated heterocycles. The molecule has 0 N–H and O–H groups in total. The molecular weight excluding hydrogens is 202 g/mol. The molecule has 1 aromatic carbocycles. The summed E-state index contributed by atoms with van der Waals surface area (Å²) in [5, 5.41) is 8.61. The van der Waals surface area contributed by atoms with Gasteiger partial charge >= 0.3 is 5.97 Å². The van der Waals surface area contributed by atoms with E-state index >= 15 is 0 Å². The Kier molecular flexibility index (Phi) is 4.68. The second kappa shape index (κ2) is 5.25. The molecule has 0 atom stereocenters. The highest BCUT2D eigenvalue weighted by atomic mass is 35.5. The highest BCUT2D eigenvalue weighted by molar-refractivity contribution is 5.91. The number of hydrogen-bond acceptors (Lipinski definition) is 3. The monoisotopic (exact) mass is 211 g/mol. The maximum Gasteiger partial charge on any atom is 0.338 e. The molecule has 1 rings (SSSR count). The summed E-state index contributed by atoms with van der Waals surface area (Å²) in [5.74, 6) is -0.408. The van der Waals surface area contributed by atoms with Gasteiger partial charge in [0.25, 0.3) is 0 Å². The van der Waals surface area contributed by atoms with E-state index in [1.165, 1.54) is 13.2 Å². The third kappa shape index (κ3) is 2.48. The molecule has 0 bridgehead atoms. The van der Waals surface area contributed by atoms with Crippen molar-refractivity contribution in [3.63, 3.8) is 0 Å². The molecule has 0 aliphatic heterocycles. The smallest absolute Gasteiger partial charge is 0.338 e. The van der Waals surface area contributed by atoms with Crippen LogP contribution in [0.25, 0.3) is 0 Å². The highest BCUT2D eigenvalue weighted by Gasteiger charge is 2.09. The number of methoxy groups -OCH3 is 1. The van der Waals surface area contributed by atoms with Crippen LogP contribution in [-0.4, -0.2) is 13.1 Å². The summed E-state index contributed by atoms with van der Waals surface area (Å²) in [6.45, 7) is 1.80. The number of aryl methyl sites for hydroxylation is 1. The summed E-state index contributed by atoms with van der Waals surface area (Å²) < 4.78 is 4.57. The van der Waals surface area contributed by atoms with Crippen molar-refractivity contribution in [3.05, 3.63) is 34.9 Å². The normalized spacial score (nSPS) is 8.36. The van der Waals surface area contributed by atoms with E-state index in [0.717, 1.165) is 5.56 Å². The number of rotatable bonds is 1. The second-order valence-corrected chi connectivity index (χ2v) is 2.63. The lowest BCUT2D eigenvalue weighted by Crippen LogP contribution is -2.03. The van der Waals surface area contributed by atoms with E-state index < -0.39 is 5.97 Å². The van der Waals surface area contributed by atoms with Gasteiger partial charge in [-0.3, -0.25) is 0 Å². The minimum atomic E-state index is -0.408. The number of nitriles is 1. The van der Waals surface area contributed by atoms with Crippen LogP contribution >= 0.6 is 12.4 Å². The van der Waals surface area contributed by atoms with Crippen LogP contribution in [0.5, 0.6) is 0 Å². The number of esters is 1. The van der Waals surface area contributed by atoms with Crippen molar-refractivity contribution in [2.75, 3.05) is 7.11 Å². The standard InChI is InChI=1S/C10H9NO2.ClH/c1-7-3-4-8(6-11)5-9(7)10(12)13-2;/h3-5H,1-2H3;1H. The Morgan fingerprint density at radius 2 is 2.14 bits per heavy atom. The van der Waals surface area contributed by atoms with Gasteiger partial charge in [0, 0.05) is 0 Å². The van der Waals surface area contributed by atoms with E-state index in [-0.39, 0.29) is 12.4 Å². The van der Waals surface area contributed by atoms with Gasteiger partial charge in [0.05, 0.1) is 24.3 Å². The third-order valence-corrected chi connectivity index (χ3v) is 1.77. The zero-order chi connectivity index (χ0) is 9.84. The Morgan fingerprint density at radius 1 is 1.50 bits per heavy atom. The van der Waals surface area contributed by atoms with Crippen LogP contribution in [0.3, 0.4) is 0 Å². The summed E-state index contributed by atoms with van der Waals surface area (Å²) in [5.41, 5.74) is 1.72. The summed E-state index contributed by atoms with van der Waals surface area (Å²) in [6, 6.07) is 6.89. The molecule has 0 aliphatic carbocycles. The molecule has 0 aromatic heterocycles. The van der Waals surface area contributed by atoms with Crippen LogP contribution in [0.15, 0.2) is 18.2 Å². The first-order valence-corrected chi connectivity index (χ1v) is 3.78. The fourth-order valence-corrected chi connectivity index (χ4v) is 1.02. The van der Waals surface area contributed by atoms with Gasteiger partial charge in [0.15, 0.2) is 0 Å². The molecule has 0 saturated carbocycles. The maximum absolute atomic E-state index is 11.2. The van der Waals surface area contributed by atoms with Crippen LogP contribution in [-0.2, 0) is 4.74 Å².